The zero-order valence-electron chi connectivity index (χ0n) is 20.6. The summed E-state index contributed by atoms with van der Waals surface area (Å²) in [5, 5.41) is 11.8. The molecule has 0 aliphatic rings. The van der Waals surface area contributed by atoms with E-state index in [0.717, 1.165) is 67.1 Å². The average Bonchev–Trinajstić information content (AvgIpc) is 3.71. The van der Waals surface area contributed by atoms with Crippen LogP contribution in [0, 0.1) is 5.13 Å². The molecule has 0 saturated heterocycles. The molecule has 0 aliphatic carbocycles. The van der Waals surface area contributed by atoms with Crippen molar-refractivity contribution in [2.45, 2.75) is 13.1 Å². The van der Waals surface area contributed by atoms with Crippen molar-refractivity contribution in [3.8, 4) is 33.2 Å². The number of fused-ring (bicyclic) bond motifs is 2. The third-order valence-electron chi connectivity index (χ3n) is 6.61. The van der Waals surface area contributed by atoms with Crippen molar-refractivity contribution < 1.29 is 4.39 Å². The van der Waals surface area contributed by atoms with Crippen molar-refractivity contribution >= 4 is 33.3 Å². The molecule has 0 unspecified atom stereocenters. The van der Waals surface area contributed by atoms with Gasteiger partial charge >= 0.3 is 0 Å². The monoisotopic (exact) mass is 531 g/mol. The molecule has 5 heterocycles. The summed E-state index contributed by atoms with van der Waals surface area (Å²) in [6, 6.07) is 23.5. The molecule has 0 spiro atoms. The number of hydrogen-bond acceptors (Lipinski definition) is 6. The molecule has 7 rings (SSSR count). The fourth-order valence-corrected chi connectivity index (χ4v) is 5.49. The van der Waals surface area contributed by atoms with Gasteiger partial charge in [0.15, 0.2) is 11.0 Å². The summed E-state index contributed by atoms with van der Waals surface area (Å²) in [5.74, 6) is 0.634. The maximum absolute atomic E-state index is 13.7. The van der Waals surface area contributed by atoms with Gasteiger partial charge in [-0.2, -0.15) is 9.49 Å². The lowest BCUT2D eigenvalue weighted by atomic mass is 10.1. The van der Waals surface area contributed by atoms with Gasteiger partial charge in [-0.15, -0.1) is 11.3 Å². The van der Waals surface area contributed by atoms with E-state index in [9.17, 15) is 4.39 Å². The second kappa shape index (κ2) is 9.86. The number of para-hydroxylation sites is 1. The summed E-state index contributed by atoms with van der Waals surface area (Å²) < 4.78 is 13.7. The summed E-state index contributed by atoms with van der Waals surface area (Å²) in [4.78, 5) is 18.2. The first-order valence-electron chi connectivity index (χ1n) is 12.5. The quantitative estimate of drug-likeness (QED) is 0.212. The highest BCUT2D eigenvalue weighted by molar-refractivity contribution is 7.14. The van der Waals surface area contributed by atoms with E-state index >= 15 is 0 Å². The molecule has 3 N–H and O–H groups in total. The molecule has 7 aromatic rings. The van der Waals surface area contributed by atoms with Crippen LogP contribution in [0.3, 0.4) is 0 Å². The van der Waals surface area contributed by atoms with Crippen LogP contribution in [-0.4, -0.2) is 30.1 Å². The zero-order valence-corrected chi connectivity index (χ0v) is 21.5. The highest BCUT2D eigenvalue weighted by atomic mass is 32.1. The minimum absolute atomic E-state index is 0.221. The number of halogens is 1. The van der Waals surface area contributed by atoms with E-state index in [1.54, 1.807) is 12.3 Å². The van der Waals surface area contributed by atoms with Gasteiger partial charge in [-0.1, -0.05) is 42.5 Å². The largest absolute Gasteiger partial charge is 0.337 e. The smallest absolute Gasteiger partial charge is 0.176 e. The first-order valence-corrected chi connectivity index (χ1v) is 13.3. The molecular weight excluding hydrogens is 509 g/mol. The number of benzene rings is 2. The first kappa shape index (κ1) is 23.4. The van der Waals surface area contributed by atoms with Gasteiger partial charge < -0.3 is 10.3 Å². The lowest BCUT2D eigenvalue weighted by Gasteiger charge is -2.07. The predicted molar refractivity (Wildman–Crippen MR) is 152 cm³/mol. The van der Waals surface area contributed by atoms with Gasteiger partial charge in [-0.25, -0.2) is 4.98 Å². The highest BCUT2D eigenvalue weighted by Gasteiger charge is 2.17. The molecule has 0 bridgehead atoms. The number of hydrogen-bond donors (Lipinski definition) is 3. The molecule has 7 nitrogen and oxygen atoms in total. The number of aromatic amines is 2. The highest BCUT2D eigenvalue weighted by Crippen LogP contribution is 2.35. The van der Waals surface area contributed by atoms with Gasteiger partial charge in [0, 0.05) is 46.9 Å². The Morgan fingerprint density at radius 2 is 1.74 bits per heavy atom. The summed E-state index contributed by atoms with van der Waals surface area (Å²) in [6.45, 7) is 1.48. The SMILES string of the molecule is Fc1ccc(-c2cccc3[nH]c(-c4n[nH]c5cnc(-c6cncc(CNCc7ccccc7)c6)cc45)nc23)s1. The third-order valence-corrected chi connectivity index (χ3v) is 7.52. The molecule has 0 amide bonds. The average molecular weight is 532 g/mol. The van der Waals surface area contributed by atoms with Crippen LogP contribution in [0.15, 0.2) is 91.4 Å². The molecule has 0 radical (unpaired) electrons. The number of nitrogens with one attached hydrogen (secondary N) is 3. The Morgan fingerprint density at radius 3 is 2.62 bits per heavy atom. The van der Waals surface area contributed by atoms with E-state index in [2.05, 4.69) is 48.7 Å². The molecule has 190 valence electrons. The van der Waals surface area contributed by atoms with Gasteiger partial charge in [0.1, 0.15) is 5.69 Å². The van der Waals surface area contributed by atoms with Crippen LogP contribution >= 0.6 is 11.3 Å². The van der Waals surface area contributed by atoms with Crippen molar-refractivity contribution in [1.29, 1.82) is 0 Å². The van der Waals surface area contributed by atoms with Crippen molar-refractivity contribution in [3.05, 3.63) is 108 Å². The Labute approximate surface area is 226 Å². The van der Waals surface area contributed by atoms with Crippen LogP contribution in [0.5, 0.6) is 0 Å². The molecule has 39 heavy (non-hydrogen) atoms. The predicted octanol–water partition coefficient (Wildman–Crippen LogP) is 6.72. The van der Waals surface area contributed by atoms with Crippen molar-refractivity contribution in [1.82, 2.24) is 35.5 Å². The number of rotatable bonds is 7. The standard InChI is InChI=1S/C30H22FN7S/c31-27-10-9-26(39-27)21-7-4-8-23-28(21)36-30(35-23)29-22-12-24(34-17-25(22)37-38-29)20-11-19(15-33-16-20)14-32-13-18-5-2-1-3-6-18/h1-12,15-17,32H,13-14H2,(H,35,36)(H,37,38). The number of thiophene rings is 1. The Morgan fingerprint density at radius 1 is 0.846 bits per heavy atom. The van der Waals surface area contributed by atoms with Crippen LogP contribution in [0.4, 0.5) is 4.39 Å². The van der Waals surface area contributed by atoms with E-state index < -0.39 is 0 Å². The normalized spacial score (nSPS) is 11.5. The van der Waals surface area contributed by atoms with E-state index in [1.807, 2.05) is 54.9 Å². The Bertz CT molecular complexity index is 1920. The lowest BCUT2D eigenvalue weighted by Crippen LogP contribution is -2.12. The molecule has 0 saturated carbocycles. The molecule has 9 heteroatoms. The second-order valence-corrected chi connectivity index (χ2v) is 10.3. The van der Waals surface area contributed by atoms with Gasteiger partial charge in [0.25, 0.3) is 0 Å². The van der Waals surface area contributed by atoms with Crippen LogP contribution in [0.1, 0.15) is 11.1 Å². The second-order valence-electron chi connectivity index (χ2n) is 9.25. The van der Waals surface area contributed by atoms with Crippen molar-refractivity contribution in [2.75, 3.05) is 0 Å². The molecular formula is C30H22FN7S. The fourth-order valence-electron chi connectivity index (χ4n) is 4.73. The zero-order chi connectivity index (χ0) is 26.2. The molecule has 0 aliphatic heterocycles. The van der Waals surface area contributed by atoms with Gasteiger partial charge in [0.05, 0.1) is 28.4 Å². The molecule has 0 fully saturated rings. The van der Waals surface area contributed by atoms with Gasteiger partial charge in [0.2, 0.25) is 0 Å². The fraction of sp³-hybridized carbons (Fsp3) is 0.0667. The Kier molecular flexibility index (Phi) is 5.92. The Balaban J connectivity index is 1.20. The van der Waals surface area contributed by atoms with Crippen LogP contribution in [0.2, 0.25) is 0 Å². The molecule has 2 aromatic carbocycles. The number of imidazole rings is 1. The lowest BCUT2D eigenvalue weighted by molar-refractivity contribution is 0.657. The van der Waals surface area contributed by atoms with E-state index in [-0.39, 0.29) is 5.13 Å². The molecule has 0 atom stereocenters. The van der Waals surface area contributed by atoms with Gasteiger partial charge in [-0.05, 0) is 41.5 Å². The summed E-state index contributed by atoms with van der Waals surface area (Å²) >= 11 is 1.11. The van der Waals surface area contributed by atoms with Crippen molar-refractivity contribution in [2.24, 2.45) is 0 Å². The van der Waals surface area contributed by atoms with Crippen LogP contribution in [0.25, 0.3) is 55.2 Å². The number of nitrogens with zero attached hydrogens (tertiary/aromatic N) is 4. The number of pyridine rings is 2. The summed E-state index contributed by atoms with van der Waals surface area (Å²) in [5.41, 5.74) is 8.07. The Hall–Kier alpha value is -4.73. The maximum atomic E-state index is 13.7. The topological polar surface area (TPSA) is 95.2 Å². The summed E-state index contributed by atoms with van der Waals surface area (Å²) in [7, 11) is 0. The van der Waals surface area contributed by atoms with Crippen LogP contribution in [-0.2, 0) is 13.1 Å². The summed E-state index contributed by atoms with van der Waals surface area (Å²) in [6.07, 6.45) is 5.47. The molecule has 5 aromatic heterocycles. The number of H-pyrrole nitrogens is 2. The third kappa shape index (κ3) is 4.58. The van der Waals surface area contributed by atoms with Crippen LogP contribution < -0.4 is 5.32 Å². The van der Waals surface area contributed by atoms with E-state index in [0.29, 0.717) is 18.1 Å². The van der Waals surface area contributed by atoms with E-state index in [4.69, 9.17) is 4.98 Å². The first-order chi connectivity index (χ1) is 19.2. The van der Waals surface area contributed by atoms with E-state index in [1.165, 1.54) is 11.6 Å². The minimum atomic E-state index is -0.221. The minimum Gasteiger partial charge on any atom is -0.337 e. The maximum Gasteiger partial charge on any atom is 0.176 e. The van der Waals surface area contributed by atoms with Gasteiger partial charge in [-0.3, -0.25) is 15.1 Å². The van der Waals surface area contributed by atoms with Crippen molar-refractivity contribution in [3.63, 3.8) is 0 Å². The number of aromatic nitrogens is 6.